The Kier molecular flexibility index (Phi) is 4.03. The van der Waals surface area contributed by atoms with Crippen LogP contribution < -0.4 is 15.0 Å². The molecule has 0 aliphatic carbocycles. The first-order chi connectivity index (χ1) is 9.76. The van der Waals surface area contributed by atoms with Gasteiger partial charge < -0.3 is 15.0 Å². The van der Waals surface area contributed by atoms with E-state index in [4.69, 9.17) is 4.74 Å². The highest BCUT2D eigenvalue weighted by Crippen LogP contribution is 2.22. The van der Waals surface area contributed by atoms with Crippen molar-refractivity contribution in [3.8, 4) is 5.88 Å². The minimum Gasteiger partial charge on any atom is -0.481 e. The zero-order valence-corrected chi connectivity index (χ0v) is 12.3. The monoisotopic (exact) mass is 277 g/mol. The Hall–Kier alpha value is -1.40. The molecule has 1 N–H and O–H groups in total. The van der Waals surface area contributed by atoms with Gasteiger partial charge in [0, 0.05) is 57.1 Å². The van der Waals surface area contributed by atoms with Crippen molar-refractivity contribution in [3.63, 3.8) is 0 Å². The molecular weight excluding hydrogens is 254 g/mol. The Labute approximate surface area is 120 Å². The molecule has 20 heavy (non-hydrogen) atoms. The number of rotatable bonds is 3. The molecule has 0 aromatic carbocycles. The molecule has 1 aromatic heterocycles. The molecule has 6 heteroatoms. The van der Waals surface area contributed by atoms with Gasteiger partial charge in [0.15, 0.2) is 0 Å². The van der Waals surface area contributed by atoms with Gasteiger partial charge in [0.2, 0.25) is 11.8 Å². The van der Waals surface area contributed by atoms with Gasteiger partial charge in [-0.15, -0.1) is 0 Å². The maximum absolute atomic E-state index is 5.24. The van der Waals surface area contributed by atoms with Crippen LogP contribution in [0.1, 0.15) is 12.1 Å². The number of hydrogen-bond acceptors (Lipinski definition) is 6. The zero-order valence-electron chi connectivity index (χ0n) is 12.3. The number of piperazine rings is 1. The van der Waals surface area contributed by atoms with Crippen LogP contribution in [0.25, 0.3) is 0 Å². The van der Waals surface area contributed by atoms with E-state index >= 15 is 0 Å². The summed E-state index contributed by atoms with van der Waals surface area (Å²) in [4.78, 5) is 13.9. The second-order valence-corrected chi connectivity index (χ2v) is 5.53. The first kappa shape index (κ1) is 13.6. The second-order valence-electron chi connectivity index (χ2n) is 5.53. The van der Waals surface area contributed by atoms with Crippen LogP contribution in [-0.2, 0) is 0 Å². The van der Waals surface area contributed by atoms with E-state index in [0.717, 1.165) is 50.9 Å². The van der Waals surface area contributed by atoms with Crippen molar-refractivity contribution < 1.29 is 4.74 Å². The number of nitrogens with one attached hydrogen (secondary N) is 1. The van der Waals surface area contributed by atoms with E-state index in [1.165, 1.54) is 6.42 Å². The lowest BCUT2D eigenvalue weighted by molar-refractivity contribution is 0.185. The Morgan fingerprint density at radius 1 is 1.25 bits per heavy atom. The highest BCUT2D eigenvalue weighted by Gasteiger charge is 2.29. The average Bonchev–Trinajstić information content (AvgIpc) is 2.97. The van der Waals surface area contributed by atoms with Gasteiger partial charge in [0.05, 0.1) is 7.11 Å². The van der Waals surface area contributed by atoms with Crippen molar-refractivity contribution in [1.82, 2.24) is 20.2 Å². The van der Waals surface area contributed by atoms with Gasteiger partial charge in [0.1, 0.15) is 0 Å². The topological polar surface area (TPSA) is 53.5 Å². The third-order valence-electron chi connectivity index (χ3n) is 4.14. The number of methoxy groups -OCH3 is 1. The number of anilines is 1. The zero-order chi connectivity index (χ0) is 13.9. The Morgan fingerprint density at radius 3 is 2.80 bits per heavy atom. The summed E-state index contributed by atoms with van der Waals surface area (Å²) in [6.45, 7) is 8.54. The summed E-state index contributed by atoms with van der Waals surface area (Å²) >= 11 is 0. The van der Waals surface area contributed by atoms with Gasteiger partial charge in [0.25, 0.3) is 0 Å². The SMILES string of the molecule is COc1cc(C)nc(N2CCC(N3CCNCC3)C2)n1. The van der Waals surface area contributed by atoms with Gasteiger partial charge in [-0.3, -0.25) is 4.90 Å². The van der Waals surface area contributed by atoms with Crippen molar-refractivity contribution >= 4 is 5.95 Å². The van der Waals surface area contributed by atoms with Crippen molar-refractivity contribution in [1.29, 1.82) is 0 Å². The Balaban J connectivity index is 1.68. The molecule has 2 fully saturated rings. The van der Waals surface area contributed by atoms with E-state index in [2.05, 4.69) is 25.1 Å². The predicted octanol–water partition coefficient (Wildman–Crippen LogP) is 0.278. The molecule has 1 aromatic rings. The lowest BCUT2D eigenvalue weighted by Gasteiger charge is -2.32. The van der Waals surface area contributed by atoms with Crippen molar-refractivity contribution in [3.05, 3.63) is 11.8 Å². The van der Waals surface area contributed by atoms with Crippen LogP contribution in [0, 0.1) is 6.92 Å². The van der Waals surface area contributed by atoms with Crippen LogP contribution in [0.3, 0.4) is 0 Å². The molecule has 1 atom stereocenters. The summed E-state index contributed by atoms with van der Waals surface area (Å²) in [6.07, 6.45) is 1.19. The predicted molar refractivity (Wildman–Crippen MR) is 78.4 cm³/mol. The van der Waals surface area contributed by atoms with Crippen molar-refractivity contribution in [2.75, 3.05) is 51.3 Å². The van der Waals surface area contributed by atoms with Crippen LogP contribution >= 0.6 is 0 Å². The number of aromatic nitrogens is 2. The molecule has 2 aliphatic heterocycles. The number of aryl methyl sites for hydroxylation is 1. The third-order valence-corrected chi connectivity index (χ3v) is 4.14. The van der Waals surface area contributed by atoms with E-state index < -0.39 is 0 Å². The normalized spacial score (nSPS) is 24.1. The number of ether oxygens (including phenoxy) is 1. The molecule has 0 saturated carbocycles. The quantitative estimate of drug-likeness (QED) is 0.856. The fourth-order valence-electron chi connectivity index (χ4n) is 3.04. The molecule has 3 heterocycles. The van der Waals surface area contributed by atoms with E-state index in [9.17, 15) is 0 Å². The fraction of sp³-hybridized carbons (Fsp3) is 0.714. The highest BCUT2D eigenvalue weighted by atomic mass is 16.5. The molecule has 2 saturated heterocycles. The van der Waals surface area contributed by atoms with Crippen LogP contribution in [0.15, 0.2) is 6.07 Å². The lowest BCUT2D eigenvalue weighted by atomic mass is 10.2. The second kappa shape index (κ2) is 5.93. The molecule has 0 bridgehead atoms. The minimum absolute atomic E-state index is 0.632. The summed E-state index contributed by atoms with van der Waals surface area (Å²) in [6, 6.07) is 2.50. The molecule has 3 rings (SSSR count). The standard InChI is InChI=1S/C14H23N5O/c1-11-9-13(20-2)17-14(16-11)19-6-3-12(10-19)18-7-4-15-5-8-18/h9,12,15H,3-8,10H2,1-2H3. The summed E-state index contributed by atoms with van der Waals surface area (Å²) in [5, 5.41) is 3.41. The number of hydrogen-bond donors (Lipinski definition) is 1. The van der Waals surface area contributed by atoms with E-state index in [1.54, 1.807) is 7.11 Å². The van der Waals surface area contributed by atoms with Crippen LogP contribution in [-0.4, -0.2) is 67.3 Å². The van der Waals surface area contributed by atoms with Gasteiger partial charge >= 0.3 is 0 Å². The summed E-state index contributed by atoms with van der Waals surface area (Å²) < 4.78 is 5.24. The smallest absolute Gasteiger partial charge is 0.228 e. The highest BCUT2D eigenvalue weighted by molar-refractivity contribution is 5.36. The van der Waals surface area contributed by atoms with Crippen LogP contribution in [0.4, 0.5) is 5.95 Å². The van der Waals surface area contributed by atoms with Gasteiger partial charge in [-0.05, 0) is 13.3 Å². The first-order valence-corrected chi connectivity index (χ1v) is 7.35. The van der Waals surface area contributed by atoms with Gasteiger partial charge in [-0.1, -0.05) is 0 Å². The van der Waals surface area contributed by atoms with E-state index in [1.807, 2.05) is 13.0 Å². The van der Waals surface area contributed by atoms with Crippen LogP contribution in [0.2, 0.25) is 0 Å². The Morgan fingerprint density at radius 2 is 2.05 bits per heavy atom. The number of nitrogens with zero attached hydrogens (tertiary/aromatic N) is 4. The molecule has 0 amide bonds. The van der Waals surface area contributed by atoms with Crippen molar-refractivity contribution in [2.45, 2.75) is 19.4 Å². The largest absolute Gasteiger partial charge is 0.481 e. The molecule has 0 spiro atoms. The third kappa shape index (κ3) is 2.86. The molecule has 0 radical (unpaired) electrons. The summed E-state index contributed by atoms with van der Waals surface area (Å²) in [7, 11) is 1.65. The molecule has 1 unspecified atom stereocenters. The van der Waals surface area contributed by atoms with E-state index in [-0.39, 0.29) is 0 Å². The van der Waals surface area contributed by atoms with E-state index in [0.29, 0.717) is 11.9 Å². The van der Waals surface area contributed by atoms with Crippen LogP contribution in [0.5, 0.6) is 5.88 Å². The Bertz CT molecular complexity index is 461. The fourth-order valence-corrected chi connectivity index (χ4v) is 3.04. The average molecular weight is 277 g/mol. The molecule has 2 aliphatic rings. The maximum Gasteiger partial charge on any atom is 0.228 e. The molecular formula is C14H23N5O. The van der Waals surface area contributed by atoms with Gasteiger partial charge in [-0.2, -0.15) is 4.98 Å². The minimum atomic E-state index is 0.632. The van der Waals surface area contributed by atoms with Gasteiger partial charge in [-0.25, -0.2) is 4.98 Å². The summed E-state index contributed by atoms with van der Waals surface area (Å²) in [5.74, 6) is 1.46. The molecule has 110 valence electrons. The first-order valence-electron chi connectivity index (χ1n) is 7.35. The molecule has 6 nitrogen and oxygen atoms in total. The maximum atomic E-state index is 5.24. The van der Waals surface area contributed by atoms with Crippen molar-refractivity contribution in [2.24, 2.45) is 0 Å². The summed E-state index contributed by atoms with van der Waals surface area (Å²) in [5.41, 5.74) is 0.956. The lowest BCUT2D eigenvalue weighted by Crippen LogP contribution is -2.49.